The van der Waals surface area contributed by atoms with Gasteiger partial charge in [-0.25, -0.2) is 0 Å². The predicted octanol–water partition coefficient (Wildman–Crippen LogP) is 1.96. The molecule has 0 radical (unpaired) electrons. The van der Waals surface area contributed by atoms with E-state index in [0.29, 0.717) is 17.8 Å². The smallest absolute Gasteiger partial charge is 0.241 e. The van der Waals surface area contributed by atoms with Crippen LogP contribution in [0.1, 0.15) is 27.2 Å². The summed E-state index contributed by atoms with van der Waals surface area (Å²) < 4.78 is 0. The Kier molecular flexibility index (Phi) is 5.51. The molecule has 0 bridgehead atoms. The van der Waals surface area contributed by atoms with Crippen LogP contribution in [0.3, 0.4) is 0 Å². The van der Waals surface area contributed by atoms with E-state index >= 15 is 0 Å². The van der Waals surface area contributed by atoms with E-state index in [9.17, 15) is 9.59 Å². The van der Waals surface area contributed by atoms with Crippen LogP contribution in [-0.4, -0.2) is 17.9 Å². The predicted molar refractivity (Wildman–Crippen MR) is 76.8 cm³/mol. The summed E-state index contributed by atoms with van der Waals surface area (Å²) in [4.78, 5) is 23.1. The van der Waals surface area contributed by atoms with Crippen LogP contribution in [0.15, 0.2) is 24.3 Å². The zero-order chi connectivity index (χ0) is 14.4. The number of nitrogens with two attached hydrogens (primary N) is 1. The molecule has 5 heteroatoms. The van der Waals surface area contributed by atoms with Crippen molar-refractivity contribution in [3.8, 4) is 0 Å². The molecule has 1 aromatic carbocycles. The molecule has 0 spiro atoms. The first-order chi connectivity index (χ1) is 8.93. The van der Waals surface area contributed by atoms with Crippen LogP contribution in [-0.2, 0) is 9.59 Å². The second-order valence-electron chi connectivity index (χ2n) is 4.73. The molecule has 0 saturated carbocycles. The third-order valence-corrected chi connectivity index (χ3v) is 2.72. The van der Waals surface area contributed by atoms with Crippen LogP contribution in [0, 0.1) is 5.92 Å². The quantitative estimate of drug-likeness (QED) is 0.759. The molecule has 0 saturated heterocycles. The molecule has 4 N–H and O–H groups in total. The van der Waals surface area contributed by atoms with Gasteiger partial charge in [0.1, 0.15) is 0 Å². The van der Waals surface area contributed by atoms with Crippen molar-refractivity contribution in [2.24, 2.45) is 11.7 Å². The summed E-state index contributed by atoms with van der Waals surface area (Å²) in [5.74, 6) is -0.312. The Balaban J connectivity index is 2.62. The van der Waals surface area contributed by atoms with Gasteiger partial charge in [0, 0.05) is 17.3 Å². The number of rotatable bonds is 5. The van der Waals surface area contributed by atoms with Crippen LogP contribution >= 0.6 is 0 Å². The fourth-order valence-corrected chi connectivity index (χ4v) is 1.34. The zero-order valence-corrected chi connectivity index (χ0v) is 11.6. The number of nitrogens with one attached hydrogen (secondary N) is 2. The first-order valence-electron chi connectivity index (χ1n) is 6.41. The molecule has 0 fully saturated rings. The standard InChI is InChI=1S/C14H21N3O2/c1-4-12(15)14(19)17-11-7-5-10(6-8-11)16-13(18)9(2)3/h5-9,12H,4,15H2,1-3H3,(H,16,18)(H,17,19)/t12-/m0/s1. The van der Waals surface area contributed by atoms with Gasteiger partial charge in [0.2, 0.25) is 11.8 Å². The average molecular weight is 263 g/mol. The first kappa shape index (κ1) is 15.2. The molecule has 104 valence electrons. The summed E-state index contributed by atoms with van der Waals surface area (Å²) in [6, 6.07) is 6.45. The van der Waals surface area contributed by atoms with E-state index in [1.54, 1.807) is 24.3 Å². The van der Waals surface area contributed by atoms with Gasteiger partial charge in [-0.3, -0.25) is 9.59 Å². The Hall–Kier alpha value is -1.88. The summed E-state index contributed by atoms with van der Waals surface area (Å²) in [6.07, 6.45) is 0.592. The number of carbonyl (C=O) groups is 2. The molecule has 0 heterocycles. The van der Waals surface area contributed by atoms with E-state index in [1.807, 2.05) is 20.8 Å². The molecule has 1 aromatic rings. The zero-order valence-electron chi connectivity index (χ0n) is 11.6. The molecular formula is C14H21N3O2. The van der Waals surface area contributed by atoms with E-state index < -0.39 is 6.04 Å². The molecule has 0 aliphatic heterocycles. The Labute approximate surface area is 113 Å². The van der Waals surface area contributed by atoms with Crippen molar-refractivity contribution >= 4 is 23.2 Å². The summed E-state index contributed by atoms with van der Waals surface area (Å²) in [7, 11) is 0. The van der Waals surface area contributed by atoms with Gasteiger partial charge in [0.05, 0.1) is 6.04 Å². The van der Waals surface area contributed by atoms with Gasteiger partial charge < -0.3 is 16.4 Å². The van der Waals surface area contributed by atoms with Crippen LogP contribution in [0.5, 0.6) is 0 Å². The maximum Gasteiger partial charge on any atom is 0.241 e. The van der Waals surface area contributed by atoms with E-state index in [-0.39, 0.29) is 17.7 Å². The average Bonchev–Trinajstić information content (AvgIpc) is 2.39. The summed E-state index contributed by atoms with van der Waals surface area (Å²) in [5.41, 5.74) is 6.99. The lowest BCUT2D eigenvalue weighted by Crippen LogP contribution is -2.34. The molecule has 19 heavy (non-hydrogen) atoms. The third-order valence-electron chi connectivity index (χ3n) is 2.72. The Morgan fingerprint density at radius 1 is 1.05 bits per heavy atom. The Morgan fingerprint density at radius 2 is 1.47 bits per heavy atom. The second-order valence-corrected chi connectivity index (χ2v) is 4.73. The molecule has 0 aliphatic carbocycles. The molecule has 1 rings (SSSR count). The van der Waals surface area contributed by atoms with Gasteiger partial charge in [-0.2, -0.15) is 0 Å². The number of hydrogen-bond donors (Lipinski definition) is 3. The highest BCUT2D eigenvalue weighted by Crippen LogP contribution is 2.14. The number of hydrogen-bond acceptors (Lipinski definition) is 3. The monoisotopic (exact) mass is 263 g/mol. The van der Waals surface area contributed by atoms with Gasteiger partial charge in [0.15, 0.2) is 0 Å². The van der Waals surface area contributed by atoms with E-state index in [0.717, 1.165) is 0 Å². The van der Waals surface area contributed by atoms with Crippen molar-refractivity contribution in [2.75, 3.05) is 10.6 Å². The molecule has 0 unspecified atom stereocenters. The summed E-state index contributed by atoms with van der Waals surface area (Å²) >= 11 is 0. The summed E-state index contributed by atoms with van der Waals surface area (Å²) in [6.45, 7) is 5.51. The highest BCUT2D eigenvalue weighted by Gasteiger charge is 2.11. The van der Waals surface area contributed by atoms with Gasteiger partial charge in [-0.05, 0) is 30.7 Å². The number of benzene rings is 1. The minimum absolute atomic E-state index is 0.0372. The van der Waals surface area contributed by atoms with Crippen molar-refractivity contribution in [3.63, 3.8) is 0 Å². The Bertz CT molecular complexity index is 441. The van der Waals surface area contributed by atoms with E-state index in [1.165, 1.54) is 0 Å². The van der Waals surface area contributed by atoms with Crippen molar-refractivity contribution in [1.82, 2.24) is 0 Å². The highest BCUT2D eigenvalue weighted by atomic mass is 16.2. The van der Waals surface area contributed by atoms with Crippen molar-refractivity contribution in [3.05, 3.63) is 24.3 Å². The van der Waals surface area contributed by atoms with Crippen LogP contribution in [0.25, 0.3) is 0 Å². The minimum Gasteiger partial charge on any atom is -0.326 e. The fraction of sp³-hybridized carbons (Fsp3) is 0.429. The fourth-order valence-electron chi connectivity index (χ4n) is 1.34. The SMILES string of the molecule is CC[C@H](N)C(=O)Nc1ccc(NC(=O)C(C)C)cc1. The highest BCUT2D eigenvalue weighted by molar-refractivity contribution is 5.95. The topological polar surface area (TPSA) is 84.2 Å². The van der Waals surface area contributed by atoms with Gasteiger partial charge >= 0.3 is 0 Å². The minimum atomic E-state index is -0.500. The molecule has 0 aliphatic rings. The lowest BCUT2D eigenvalue weighted by atomic mass is 10.2. The van der Waals surface area contributed by atoms with Gasteiger partial charge in [-0.1, -0.05) is 20.8 Å². The van der Waals surface area contributed by atoms with Crippen LogP contribution < -0.4 is 16.4 Å². The van der Waals surface area contributed by atoms with Crippen molar-refractivity contribution < 1.29 is 9.59 Å². The Morgan fingerprint density at radius 3 is 1.84 bits per heavy atom. The van der Waals surface area contributed by atoms with Crippen LogP contribution in [0.2, 0.25) is 0 Å². The summed E-state index contributed by atoms with van der Waals surface area (Å²) in [5, 5.41) is 5.50. The largest absolute Gasteiger partial charge is 0.326 e. The maximum atomic E-state index is 11.6. The van der Waals surface area contributed by atoms with Gasteiger partial charge in [0.25, 0.3) is 0 Å². The van der Waals surface area contributed by atoms with Gasteiger partial charge in [-0.15, -0.1) is 0 Å². The van der Waals surface area contributed by atoms with Crippen molar-refractivity contribution in [1.29, 1.82) is 0 Å². The van der Waals surface area contributed by atoms with E-state index in [4.69, 9.17) is 5.73 Å². The normalized spacial score (nSPS) is 12.1. The second kappa shape index (κ2) is 6.89. The molecule has 1 atom stereocenters. The van der Waals surface area contributed by atoms with Crippen LogP contribution in [0.4, 0.5) is 11.4 Å². The molecular weight excluding hydrogens is 242 g/mol. The lowest BCUT2D eigenvalue weighted by molar-refractivity contribution is -0.119. The van der Waals surface area contributed by atoms with Crippen molar-refractivity contribution in [2.45, 2.75) is 33.2 Å². The molecule has 0 aromatic heterocycles. The molecule has 5 nitrogen and oxygen atoms in total. The number of carbonyl (C=O) groups excluding carboxylic acids is 2. The number of amides is 2. The number of anilines is 2. The van der Waals surface area contributed by atoms with E-state index in [2.05, 4.69) is 10.6 Å². The first-order valence-corrected chi connectivity index (χ1v) is 6.41. The molecule has 2 amide bonds. The maximum absolute atomic E-state index is 11.6. The lowest BCUT2D eigenvalue weighted by Gasteiger charge is -2.11. The third kappa shape index (κ3) is 4.71.